The second kappa shape index (κ2) is 8.06. The van der Waals surface area contributed by atoms with Gasteiger partial charge in [-0.15, -0.1) is 0 Å². The van der Waals surface area contributed by atoms with Crippen LogP contribution in [-0.2, 0) is 4.79 Å². The summed E-state index contributed by atoms with van der Waals surface area (Å²) in [5.74, 6) is 0.681. The van der Waals surface area contributed by atoms with Crippen molar-refractivity contribution in [3.63, 3.8) is 0 Å². The van der Waals surface area contributed by atoms with Crippen LogP contribution in [-0.4, -0.2) is 16.0 Å². The summed E-state index contributed by atoms with van der Waals surface area (Å²) in [5.41, 5.74) is 1.30. The van der Waals surface area contributed by atoms with Crippen LogP contribution in [0.4, 0.5) is 11.4 Å². The van der Waals surface area contributed by atoms with Gasteiger partial charge in [0.2, 0.25) is 0 Å². The van der Waals surface area contributed by atoms with Crippen molar-refractivity contribution in [2.24, 2.45) is 4.99 Å². The van der Waals surface area contributed by atoms with E-state index in [9.17, 15) is 14.9 Å². The number of rotatable bonds is 4. The topological polar surface area (TPSA) is 97.7 Å². The van der Waals surface area contributed by atoms with Gasteiger partial charge in [0, 0.05) is 28.2 Å². The molecule has 7 nitrogen and oxygen atoms in total. The molecule has 29 heavy (non-hydrogen) atoms. The number of non-ortho nitro benzene ring substituents is 1. The number of nitro benzene ring substituents is 1. The molecule has 1 fully saturated rings. The van der Waals surface area contributed by atoms with Gasteiger partial charge in [0.25, 0.3) is 11.6 Å². The molecule has 1 amide bonds. The number of aliphatic imine (C=N–C) groups is 1. The minimum Gasteiger partial charge on any atom is -0.457 e. The summed E-state index contributed by atoms with van der Waals surface area (Å²) >= 11 is 4.58. The third-order valence-electron chi connectivity index (χ3n) is 3.95. The van der Waals surface area contributed by atoms with Gasteiger partial charge in [-0.3, -0.25) is 14.9 Å². The Morgan fingerprint density at radius 1 is 1.14 bits per heavy atom. The largest absolute Gasteiger partial charge is 0.457 e. The van der Waals surface area contributed by atoms with E-state index in [1.165, 1.54) is 23.9 Å². The van der Waals surface area contributed by atoms with Gasteiger partial charge >= 0.3 is 0 Å². The molecule has 1 aromatic heterocycles. The zero-order valence-corrected chi connectivity index (χ0v) is 17.1. The zero-order valence-electron chi connectivity index (χ0n) is 14.7. The first kappa shape index (κ1) is 19.2. The van der Waals surface area contributed by atoms with Crippen molar-refractivity contribution in [2.75, 3.05) is 0 Å². The number of furan rings is 1. The van der Waals surface area contributed by atoms with Gasteiger partial charge < -0.3 is 9.73 Å². The van der Waals surface area contributed by atoms with Gasteiger partial charge in [0.1, 0.15) is 11.5 Å². The fraction of sp³-hybridized carbons (Fsp3) is 0. The van der Waals surface area contributed by atoms with E-state index in [1.54, 1.807) is 30.3 Å². The molecule has 1 saturated heterocycles. The molecule has 2 aromatic carbocycles. The second-order valence-electron chi connectivity index (χ2n) is 5.97. The van der Waals surface area contributed by atoms with Gasteiger partial charge in [-0.05, 0) is 48.2 Å². The number of hydrogen-bond donors (Lipinski definition) is 1. The Kier molecular flexibility index (Phi) is 5.32. The van der Waals surface area contributed by atoms with Gasteiger partial charge in [-0.1, -0.05) is 28.1 Å². The predicted octanol–water partition coefficient (Wildman–Crippen LogP) is 5.51. The minimum atomic E-state index is -0.457. The normalized spacial score (nSPS) is 16.4. The number of amides is 1. The monoisotopic (exact) mass is 469 g/mol. The molecule has 4 rings (SSSR count). The molecule has 144 valence electrons. The van der Waals surface area contributed by atoms with E-state index in [4.69, 9.17) is 4.42 Å². The molecule has 0 aliphatic carbocycles. The van der Waals surface area contributed by atoms with E-state index < -0.39 is 4.92 Å². The fourth-order valence-corrected chi connectivity index (χ4v) is 3.69. The van der Waals surface area contributed by atoms with Crippen molar-refractivity contribution >= 4 is 56.2 Å². The number of nitrogens with zero attached hydrogens (tertiary/aromatic N) is 2. The van der Waals surface area contributed by atoms with Crippen LogP contribution in [0.25, 0.3) is 17.4 Å². The molecule has 1 aliphatic rings. The van der Waals surface area contributed by atoms with Gasteiger partial charge in [0.15, 0.2) is 5.17 Å². The number of thioether (sulfide) groups is 1. The number of benzene rings is 2. The lowest BCUT2D eigenvalue weighted by Crippen LogP contribution is -2.19. The Labute approximate surface area is 177 Å². The minimum absolute atomic E-state index is 0.0154. The first-order valence-electron chi connectivity index (χ1n) is 8.38. The van der Waals surface area contributed by atoms with Crippen LogP contribution in [0.2, 0.25) is 0 Å². The van der Waals surface area contributed by atoms with Crippen molar-refractivity contribution in [1.82, 2.24) is 5.32 Å². The van der Waals surface area contributed by atoms with Gasteiger partial charge in [-0.2, -0.15) is 0 Å². The Balaban J connectivity index is 1.54. The van der Waals surface area contributed by atoms with Crippen LogP contribution in [0, 0.1) is 10.1 Å². The van der Waals surface area contributed by atoms with Crippen LogP contribution in [0.3, 0.4) is 0 Å². The van der Waals surface area contributed by atoms with Crippen LogP contribution in [0.15, 0.2) is 79.5 Å². The smallest absolute Gasteiger partial charge is 0.270 e. The highest BCUT2D eigenvalue weighted by Crippen LogP contribution is 2.31. The van der Waals surface area contributed by atoms with Crippen LogP contribution < -0.4 is 5.32 Å². The molecule has 0 saturated carbocycles. The Hall–Kier alpha value is -3.17. The second-order valence-corrected chi connectivity index (χ2v) is 7.91. The maximum Gasteiger partial charge on any atom is 0.270 e. The summed E-state index contributed by atoms with van der Waals surface area (Å²) < 4.78 is 6.69. The Morgan fingerprint density at radius 3 is 2.69 bits per heavy atom. The van der Waals surface area contributed by atoms with Crippen LogP contribution in [0.1, 0.15) is 5.76 Å². The lowest BCUT2D eigenvalue weighted by Gasteiger charge is -1.97. The highest BCUT2D eigenvalue weighted by Gasteiger charge is 2.24. The zero-order chi connectivity index (χ0) is 20.4. The summed E-state index contributed by atoms with van der Waals surface area (Å²) in [6, 6.07) is 17.0. The van der Waals surface area contributed by atoms with Crippen LogP contribution in [0.5, 0.6) is 0 Å². The summed E-state index contributed by atoms with van der Waals surface area (Å²) in [6.07, 6.45) is 1.62. The summed E-state index contributed by atoms with van der Waals surface area (Å²) in [6.45, 7) is 0. The number of halogens is 1. The van der Waals surface area contributed by atoms with Gasteiger partial charge in [0.05, 0.1) is 15.5 Å². The quantitative estimate of drug-likeness (QED) is 0.308. The van der Waals surface area contributed by atoms with E-state index in [-0.39, 0.29) is 11.6 Å². The molecule has 0 atom stereocenters. The Morgan fingerprint density at radius 2 is 1.93 bits per heavy atom. The molecule has 2 heterocycles. The fourth-order valence-electron chi connectivity index (χ4n) is 2.60. The number of hydrogen-bond acceptors (Lipinski definition) is 6. The molecule has 0 bridgehead atoms. The molecule has 9 heteroatoms. The average molecular weight is 470 g/mol. The summed E-state index contributed by atoms with van der Waals surface area (Å²) in [7, 11) is 0. The van der Waals surface area contributed by atoms with E-state index >= 15 is 0 Å². The molecular weight excluding hydrogens is 458 g/mol. The maximum absolute atomic E-state index is 12.2. The lowest BCUT2D eigenvalue weighted by molar-refractivity contribution is -0.384. The number of nitro groups is 1. The van der Waals surface area contributed by atoms with E-state index in [2.05, 4.69) is 26.2 Å². The van der Waals surface area contributed by atoms with E-state index in [0.717, 1.165) is 10.2 Å². The molecule has 3 aromatic rings. The molecule has 0 spiro atoms. The third-order valence-corrected chi connectivity index (χ3v) is 5.39. The van der Waals surface area contributed by atoms with Crippen molar-refractivity contribution in [1.29, 1.82) is 0 Å². The van der Waals surface area contributed by atoms with E-state index in [0.29, 0.717) is 27.2 Å². The number of nitrogens with one attached hydrogen (secondary N) is 1. The van der Waals surface area contributed by atoms with Gasteiger partial charge in [-0.25, -0.2) is 4.99 Å². The average Bonchev–Trinajstić information content (AvgIpc) is 3.31. The molecule has 0 radical (unpaired) electrons. The van der Waals surface area contributed by atoms with E-state index in [1.807, 2.05) is 24.3 Å². The standard InChI is InChI=1S/C20H12BrN3O4S/c21-13-4-6-14(7-5-13)22-20-23-19(25)18(29-20)11-16-8-9-17(28-16)12-2-1-3-15(10-12)24(26)27/h1-11H,(H,22,23,25)/b18-11+. The number of amidine groups is 1. The third kappa shape index (κ3) is 4.47. The number of carbonyl (C=O) groups excluding carboxylic acids is 1. The summed E-state index contributed by atoms with van der Waals surface area (Å²) in [4.78, 5) is 27.6. The molecular formula is C20H12BrN3O4S. The van der Waals surface area contributed by atoms with Crippen LogP contribution >= 0.6 is 27.7 Å². The van der Waals surface area contributed by atoms with Crippen molar-refractivity contribution in [3.8, 4) is 11.3 Å². The predicted molar refractivity (Wildman–Crippen MR) is 116 cm³/mol. The van der Waals surface area contributed by atoms with Crippen molar-refractivity contribution < 1.29 is 14.1 Å². The first-order chi connectivity index (χ1) is 14.0. The number of carbonyl (C=O) groups is 1. The highest BCUT2D eigenvalue weighted by molar-refractivity contribution is 9.10. The molecule has 1 aliphatic heterocycles. The summed E-state index contributed by atoms with van der Waals surface area (Å²) in [5, 5.41) is 14.1. The van der Waals surface area contributed by atoms with Crippen molar-refractivity contribution in [2.45, 2.75) is 0 Å². The highest BCUT2D eigenvalue weighted by atomic mass is 79.9. The molecule has 0 unspecified atom stereocenters. The molecule has 1 N–H and O–H groups in total. The SMILES string of the molecule is O=C1NC(=Nc2ccc(Br)cc2)S/C1=C/c1ccc(-c2cccc([N+](=O)[O-])c2)o1. The maximum atomic E-state index is 12.2. The first-order valence-corrected chi connectivity index (χ1v) is 9.99. The Bertz CT molecular complexity index is 1170. The van der Waals surface area contributed by atoms with Crippen molar-refractivity contribution in [3.05, 3.63) is 85.9 Å². The lowest BCUT2D eigenvalue weighted by atomic mass is 10.1.